The second-order valence-electron chi connectivity index (χ2n) is 6.72. The summed E-state index contributed by atoms with van der Waals surface area (Å²) in [7, 11) is 0. The van der Waals surface area contributed by atoms with Crippen molar-refractivity contribution >= 4 is 23.4 Å². The van der Waals surface area contributed by atoms with Gasteiger partial charge in [-0.15, -0.1) is 0 Å². The molecule has 3 rings (SSSR count). The van der Waals surface area contributed by atoms with Gasteiger partial charge in [0.1, 0.15) is 5.71 Å². The minimum atomic E-state index is -0.162. The van der Waals surface area contributed by atoms with Gasteiger partial charge in [-0.1, -0.05) is 24.3 Å². The third kappa shape index (κ3) is 4.28. The second-order valence-corrected chi connectivity index (χ2v) is 6.72. The summed E-state index contributed by atoms with van der Waals surface area (Å²) in [6.45, 7) is 4.27. The third-order valence-corrected chi connectivity index (χ3v) is 4.89. The molecule has 0 unspecified atom stereocenters. The summed E-state index contributed by atoms with van der Waals surface area (Å²) in [4.78, 5) is 39.9. The van der Waals surface area contributed by atoms with Gasteiger partial charge in [-0.3, -0.25) is 14.4 Å². The van der Waals surface area contributed by atoms with E-state index in [1.165, 1.54) is 0 Å². The van der Waals surface area contributed by atoms with Gasteiger partial charge in [0.05, 0.1) is 6.42 Å². The molecule has 1 aromatic carbocycles. The van der Waals surface area contributed by atoms with E-state index < -0.39 is 0 Å². The Morgan fingerprint density at radius 3 is 2.54 bits per heavy atom. The Bertz CT molecular complexity index is 744. The molecule has 1 aromatic rings. The van der Waals surface area contributed by atoms with Crippen molar-refractivity contribution in [3.63, 3.8) is 0 Å². The van der Waals surface area contributed by atoms with Gasteiger partial charge >= 0.3 is 0 Å². The monoisotopic (exact) mass is 356 g/mol. The van der Waals surface area contributed by atoms with Crippen molar-refractivity contribution in [2.75, 3.05) is 26.2 Å². The van der Waals surface area contributed by atoms with Crippen molar-refractivity contribution in [1.29, 1.82) is 0 Å². The van der Waals surface area contributed by atoms with Crippen LogP contribution in [0.4, 0.5) is 0 Å². The number of rotatable bonds is 3. The molecule has 1 saturated heterocycles. The van der Waals surface area contributed by atoms with Crippen molar-refractivity contribution in [3.8, 4) is 0 Å². The molecule has 26 heavy (non-hydrogen) atoms. The fraction of sp³-hybridized carbons (Fsp3) is 0.474. The number of carbonyl (C=O) groups excluding carboxylic acids is 3. The van der Waals surface area contributed by atoms with Crippen molar-refractivity contribution in [3.05, 3.63) is 35.4 Å². The number of aryl methyl sites for hydroxylation is 1. The Morgan fingerprint density at radius 2 is 1.81 bits per heavy atom. The Labute approximate surface area is 153 Å². The van der Waals surface area contributed by atoms with Crippen molar-refractivity contribution in [1.82, 2.24) is 15.2 Å². The highest BCUT2D eigenvalue weighted by Crippen LogP contribution is 2.12. The summed E-state index contributed by atoms with van der Waals surface area (Å²) in [5.41, 5.74) is 4.92. The number of amides is 3. The van der Waals surface area contributed by atoms with Crippen LogP contribution in [0.1, 0.15) is 30.4 Å². The van der Waals surface area contributed by atoms with Crippen molar-refractivity contribution in [2.24, 2.45) is 5.10 Å². The zero-order valence-corrected chi connectivity index (χ0v) is 15.0. The molecule has 0 saturated carbocycles. The Kier molecular flexibility index (Phi) is 5.65. The summed E-state index contributed by atoms with van der Waals surface area (Å²) >= 11 is 0. The smallest absolute Gasteiger partial charge is 0.270 e. The molecular formula is C19H24N4O3. The van der Waals surface area contributed by atoms with Gasteiger partial charge in [0, 0.05) is 39.0 Å². The number of hydrogen-bond acceptors (Lipinski definition) is 4. The van der Waals surface area contributed by atoms with Crippen LogP contribution in [-0.4, -0.2) is 59.4 Å². The molecule has 0 aliphatic carbocycles. The van der Waals surface area contributed by atoms with Crippen molar-refractivity contribution < 1.29 is 14.4 Å². The minimum Gasteiger partial charge on any atom is -0.341 e. The van der Waals surface area contributed by atoms with E-state index in [4.69, 9.17) is 0 Å². The molecule has 0 atom stereocenters. The Hall–Kier alpha value is -2.70. The van der Waals surface area contributed by atoms with Crippen LogP contribution in [0.2, 0.25) is 0 Å². The predicted octanol–water partition coefficient (Wildman–Crippen LogP) is 0.864. The molecule has 0 bridgehead atoms. The fourth-order valence-corrected chi connectivity index (χ4v) is 3.26. The van der Waals surface area contributed by atoms with E-state index in [2.05, 4.69) is 10.5 Å². The summed E-state index contributed by atoms with van der Waals surface area (Å²) < 4.78 is 0. The van der Waals surface area contributed by atoms with E-state index in [1.54, 1.807) is 4.90 Å². The van der Waals surface area contributed by atoms with E-state index in [-0.39, 0.29) is 17.7 Å². The van der Waals surface area contributed by atoms with Crippen LogP contribution in [0, 0.1) is 6.92 Å². The first-order valence-electron chi connectivity index (χ1n) is 9.01. The molecule has 0 aromatic heterocycles. The Morgan fingerprint density at radius 1 is 1.08 bits per heavy atom. The highest BCUT2D eigenvalue weighted by Gasteiger charge is 2.26. The van der Waals surface area contributed by atoms with E-state index in [9.17, 15) is 14.4 Å². The maximum Gasteiger partial charge on any atom is 0.270 e. The molecule has 2 aliphatic rings. The molecular weight excluding hydrogens is 332 g/mol. The Balaban J connectivity index is 1.58. The number of carbonyl (C=O) groups is 3. The topological polar surface area (TPSA) is 82.1 Å². The third-order valence-electron chi connectivity index (χ3n) is 4.89. The minimum absolute atomic E-state index is 0.0934. The molecule has 0 spiro atoms. The highest BCUT2D eigenvalue weighted by atomic mass is 16.2. The van der Waals surface area contributed by atoms with Gasteiger partial charge in [0.2, 0.25) is 11.8 Å². The first kappa shape index (κ1) is 18.1. The van der Waals surface area contributed by atoms with E-state index in [1.807, 2.05) is 36.1 Å². The molecule has 7 heteroatoms. The number of hydrogen-bond donors (Lipinski definition) is 1. The first-order chi connectivity index (χ1) is 12.5. The molecule has 138 valence electrons. The number of nitrogens with zero attached hydrogens (tertiary/aromatic N) is 3. The number of nitrogens with one attached hydrogen (secondary N) is 1. The molecule has 7 nitrogen and oxygen atoms in total. The van der Waals surface area contributed by atoms with Crippen LogP contribution in [0.5, 0.6) is 0 Å². The van der Waals surface area contributed by atoms with Crippen LogP contribution in [0.25, 0.3) is 0 Å². The molecule has 2 heterocycles. The average molecular weight is 356 g/mol. The lowest BCUT2D eigenvalue weighted by atomic mass is 10.1. The van der Waals surface area contributed by atoms with Crippen LogP contribution in [0.15, 0.2) is 29.4 Å². The first-order valence-corrected chi connectivity index (χ1v) is 9.01. The SMILES string of the molecule is Cc1ccccc1CC(=O)N1CCCN(C(=O)C2=NNC(=O)CC2)CC1. The fourth-order valence-electron chi connectivity index (χ4n) is 3.26. The van der Waals surface area contributed by atoms with E-state index in [0.717, 1.165) is 17.5 Å². The van der Waals surface area contributed by atoms with E-state index >= 15 is 0 Å². The summed E-state index contributed by atoms with van der Waals surface area (Å²) in [5, 5.41) is 3.88. The zero-order chi connectivity index (χ0) is 18.5. The molecule has 1 fully saturated rings. The van der Waals surface area contributed by atoms with Crippen LogP contribution >= 0.6 is 0 Å². The lowest BCUT2D eigenvalue weighted by Crippen LogP contribution is -2.42. The largest absolute Gasteiger partial charge is 0.341 e. The summed E-state index contributed by atoms with van der Waals surface area (Å²) in [6, 6.07) is 7.91. The van der Waals surface area contributed by atoms with Gasteiger partial charge in [-0.25, -0.2) is 5.43 Å². The molecule has 2 aliphatic heterocycles. The maximum absolute atomic E-state index is 12.6. The van der Waals surface area contributed by atoms with Crippen LogP contribution in [0.3, 0.4) is 0 Å². The maximum atomic E-state index is 12.6. The van der Waals surface area contributed by atoms with Gasteiger partial charge in [-0.2, -0.15) is 5.10 Å². The standard InChI is InChI=1S/C19H24N4O3/c1-14-5-2-3-6-15(14)13-18(25)22-9-4-10-23(12-11-22)19(26)16-7-8-17(24)21-20-16/h2-3,5-6H,4,7-13H2,1H3,(H,21,24). The van der Waals surface area contributed by atoms with E-state index in [0.29, 0.717) is 51.2 Å². The average Bonchev–Trinajstić information content (AvgIpc) is 2.90. The van der Waals surface area contributed by atoms with Gasteiger partial charge in [-0.05, 0) is 24.5 Å². The van der Waals surface area contributed by atoms with Gasteiger partial charge < -0.3 is 9.80 Å². The quantitative estimate of drug-likeness (QED) is 0.872. The van der Waals surface area contributed by atoms with Gasteiger partial charge in [0.15, 0.2) is 0 Å². The predicted molar refractivity (Wildman–Crippen MR) is 97.5 cm³/mol. The number of hydrazone groups is 1. The second kappa shape index (κ2) is 8.12. The normalized spacial score (nSPS) is 18.0. The highest BCUT2D eigenvalue weighted by molar-refractivity contribution is 6.39. The molecule has 3 amide bonds. The lowest BCUT2D eigenvalue weighted by Gasteiger charge is -2.23. The molecule has 1 N–H and O–H groups in total. The zero-order valence-electron chi connectivity index (χ0n) is 15.0. The van der Waals surface area contributed by atoms with Crippen LogP contribution in [-0.2, 0) is 20.8 Å². The van der Waals surface area contributed by atoms with Gasteiger partial charge in [0.25, 0.3) is 5.91 Å². The summed E-state index contributed by atoms with van der Waals surface area (Å²) in [5.74, 6) is -0.209. The lowest BCUT2D eigenvalue weighted by molar-refractivity contribution is -0.131. The summed E-state index contributed by atoms with van der Waals surface area (Å²) in [6.07, 6.45) is 1.79. The van der Waals surface area contributed by atoms with Crippen LogP contribution < -0.4 is 5.43 Å². The molecule has 0 radical (unpaired) electrons. The van der Waals surface area contributed by atoms with Crippen molar-refractivity contribution in [2.45, 2.75) is 32.6 Å². The number of benzene rings is 1.